The fraction of sp³-hybridized carbons (Fsp3) is 0.300. The van der Waals surface area contributed by atoms with Crippen molar-refractivity contribution in [2.75, 3.05) is 23.9 Å². The Balaban J connectivity index is 1.74. The summed E-state index contributed by atoms with van der Waals surface area (Å²) in [5, 5.41) is 13.8. The molecule has 2 amide bonds. The first-order valence-electron chi connectivity index (χ1n) is 8.95. The van der Waals surface area contributed by atoms with Gasteiger partial charge < -0.3 is 15.0 Å². The molecule has 1 aliphatic heterocycles. The molecule has 1 aliphatic rings. The molecule has 0 aromatic heterocycles. The fourth-order valence-electron chi connectivity index (χ4n) is 3.19. The van der Waals surface area contributed by atoms with E-state index >= 15 is 0 Å². The molecule has 0 unspecified atom stereocenters. The zero-order valence-corrected chi connectivity index (χ0v) is 15.7. The number of benzene rings is 2. The number of nitro groups is 1. The van der Waals surface area contributed by atoms with Gasteiger partial charge in [0.2, 0.25) is 11.8 Å². The van der Waals surface area contributed by atoms with Gasteiger partial charge in [0, 0.05) is 24.7 Å². The van der Waals surface area contributed by atoms with Crippen LogP contribution in [0.3, 0.4) is 0 Å². The molecular weight excluding hydrogens is 362 g/mol. The largest absolute Gasteiger partial charge is 0.494 e. The quantitative estimate of drug-likeness (QED) is 0.610. The third kappa shape index (κ3) is 3.95. The normalized spacial score (nSPS) is 16.1. The maximum atomic E-state index is 12.6. The second-order valence-corrected chi connectivity index (χ2v) is 6.56. The van der Waals surface area contributed by atoms with Crippen molar-refractivity contribution < 1.29 is 19.2 Å². The molecular formula is C20H21N3O5. The molecule has 2 aromatic rings. The number of amides is 2. The predicted octanol–water partition coefficient (Wildman–Crippen LogP) is 3.16. The van der Waals surface area contributed by atoms with Gasteiger partial charge in [0.1, 0.15) is 5.75 Å². The van der Waals surface area contributed by atoms with E-state index in [1.54, 1.807) is 0 Å². The van der Waals surface area contributed by atoms with Crippen LogP contribution in [0.15, 0.2) is 42.5 Å². The molecule has 0 radical (unpaired) electrons. The number of rotatable bonds is 6. The Labute approximate surface area is 162 Å². The first-order valence-corrected chi connectivity index (χ1v) is 8.95. The van der Waals surface area contributed by atoms with Gasteiger partial charge in [0.15, 0.2) is 0 Å². The van der Waals surface area contributed by atoms with Gasteiger partial charge in [-0.05, 0) is 30.2 Å². The van der Waals surface area contributed by atoms with Crippen molar-refractivity contribution >= 4 is 28.9 Å². The summed E-state index contributed by atoms with van der Waals surface area (Å²) in [6, 6.07) is 11.6. The maximum absolute atomic E-state index is 12.6. The predicted molar refractivity (Wildman–Crippen MR) is 105 cm³/mol. The van der Waals surface area contributed by atoms with Crippen LogP contribution in [-0.2, 0) is 16.0 Å². The number of nitrogens with one attached hydrogen (secondary N) is 1. The summed E-state index contributed by atoms with van der Waals surface area (Å²) in [5.41, 5.74) is 2.14. The summed E-state index contributed by atoms with van der Waals surface area (Å²) in [7, 11) is 1.38. The van der Waals surface area contributed by atoms with Crippen LogP contribution in [0.5, 0.6) is 5.75 Å². The molecule has 0 spiro atoms. The van der Waals surface area contributed by atoms with E-state index in [0.29, 0.717) is 11.4 Å². The van der Waals surface area contributed by atoms with Gasteiger partial charge in [-0.15, -0.1) is 0 Å². The van der Waals surface area contributed by atoms with Gasteiger partial charge >= 0.3 is 0 Å². The van der Waals surface area contributed by atoms with Crippen LogP contribution in [0, 0.1) is 16.0 Å². The first-order chi connectivity index (χ1) is 13.4. The third-order valence-electron chi connectivity index (χ3n) is 4.79. The number of carbonyl (C=O) groups excluding carboxylic acids is 2. The third-order valence-corrected chi connectivity index (χ3v) is 4.79. The highest BCUT2D eigenvalue weighted by atomic mass is 16.6. The van der Waals surface area contributed by atoms with E-state index in [1.165, 1.54) is 35.8 Å². The van der Waals surface area contributed by atoms with Crippen molar-refractivity contribution in [1.82, 2.24) is 0 Å². The van der Waals surface area contributed by atoms with Crippen LogP contribution in [-0.4, -0.2) is 30.4 Å². The second kappa shape index (κ2) is 8.08. The number of nitro benzene ring substituents is 1. The number of anilines is 2. The number of methoxy groups -OCH3 is 1. The standard InChI is InChI=1S/C20H21N3O5/c1-3-13-4-6-15(7-5-13)21-20(25)14-10-19(24)22(12-14)17-9-8-16(23(26)27)11-18(17)28-2/h4-9,11,14H,3,10,12H2,1-2H3,(H,21,25)/t14-/m1/s1. The van der Waals surface area contributed by atoms with Crippen molar-refractivity contribution in [2.45, 2.75) is 19.8 Å². The Morgan fingerprint density at radius 1 is 1.29 bits per heavy atom. The van der Waals surface area contributed by atoms with Crippen LogP contribution >= 0.6 is 0 Å². The summed E-state index contributed by atoms with van der Waals surface area (Å²) >= 11 is 0. The smallest absolute Gasteiger partial charge is 0.273 e. The Hall–Kier alpha value is -3.42. The van der Waals surface area contributed by atoms with Gasteiger partial charge in [-0.2, -0.15) is 0 Å². The average molecular weight is 383 g/mol. The van der Waals surface area contributed by atoms with E-state index in [1.807, 2.05) is 24.3 Å². The minimum atomic E-state index is -0.530. The highest BCUT2D eigenvalue weighted by molar-refractivity contribution is 6.04. The monoisotopic (exact) mass is 383 g/mol. The molecule has 0 bridgehead atoms. The van der Waals surface area contributed by atoms with Crippen molar-refractivity contribution in [1.29, 1.82) is 0 Å². The van der Waals surface area contributed by atoms with E-state index in [4.69, 9.17) is 4.74 Å². The van der Waals surface area contributed by atoms with Crippen LogP contribution < -0.4 is 15.0 Å². The van der Waals surface area contributed by atoms with E-state index in [9.17, 15) is 19.7 Å². The Bertz CT molecular complexity index is 911. The number of hydrogen-bond acceptors (Lipinski definition) is 5. The van der Waals surface area contributed by atoms with Crippen LogP contribution in [0.1, 0.15) is 18.9 Å². The molecule has 1 heterocycles. The minimum Gasteiger partial charge on any atom is -0.494 e. The molecule has 1 fully saturated rings. The summed E-state index contributed by atoms with van der Waals surface area (Å²) in [5.74, 6) is -0.758. The van der Waals surface area contributed by atoms with Gasteiger partial charge in [-0.25, -0.2) is 0 Å². The summed E-state index contributed by atoms with van der Waals surface area (Å²) in [4.78, 5) is 36.9. The summed E-state index contributed by atoms with van der Waals surface area (Å²) < 4.78 is 5.21. The molecule has 1 atom stereocenters. The SMILES string of the molecule is CCc1ccc(NC(=O)[C@@H]2CC(=O)N(c3ccc([N+](=O)[O-])cc3OC)C2)cc1. The molecule has 8 heteroatoms. The van der Waals surface area contributed by atoms with Gasteiger partial charge in [0.25, 0.3) is 5.69 Å². The van der Waals surface area contributed by atoms with Gasteiger partial charge in [-0.1, -0.05) is 19.1 Å². The van der Waals surface area contributed by atoms with Crippen LogP contribution in [0.2, 0.25) is 0 Å². The van der Waals surface area contributed by atoms with E-state index < -0.39 is 10.8 Å². The molecule has 0 aliphatic carbocycles. The molecule has 1 N–H and O–H groups in total. The number of ether oxygens (including phenoxy) is 1. The molecule has 28 heavy (non-hydrogen) atoms. The summed E-state index contributed by atoms with van der Waals surface area (Å²) in [6.45, 7) is 2.24. The molecule has 0 saturated carbocycles. The molecule has 2 aromatic carbocycles. The number of aryl methyl sites for hydroxylation is 1. The van der Waals surface area contributed by atoms with Crippen molar-refractivity contribution in [3.63, 3.8) is 0 Å². The highest BCUT2D eigenvalue weighted by Gasteiger charge is 2.36. The highest BCUT2D eigenvalue weighted by Crippen LogP contribution is 2.36. The minimum absolute atomic E-state index is 0.0685. The zero-order valence-electron chi connectivity index (χ0n) is 15.7. The average Bonchev–Trinajstić information content (AvgIpc) is 3.09. The Morgan fingerprint density at radius 3 is 2.61 bits per heavy atom. The summed E-state index contributed by atoms with van der Waals surface area (Å²) in [6.07, 6.45) is 0.983. The topological polar surface area (TPSA) is 102 Å². The van der Waals surface area contributed by atoms with Crippen LogP contribution in [0.25, 0.3) is 0 Å². The first kappa shape index (κ1) is 19.3. The van der Waals surface area contributed by atoms with Crippen LogP contribution in [0.4, 0.5) is 17.1 Å². The number of non-ortho nitro benzene ring substituents is 1. The van der Waals surface area contributed by atoms with E-state index in [-0.39, 0.29) is 36.2 Å². The van der Waals surface area contributed by atoms with E-state index in [0.717, 1.165) is 6.42 Å². The van der Waals surface area contributed by atoms with Gasteiger partial charge in [-0.3, -0.25) is 19.7 Å². The second-order valence-electron chi connectivity index (χ2n) is 6.56. The Kier molecular flexibility index (Phi) is 5.58. The lowest BCUT2D eigenvalue weighted by molar-refractivity contribution is -0.384. The van der Waals surface area contributed by atoms with Gasteiger partial charge in [0.05, 0.1) is 29.7 Å². The molecule has 1 saturated heterocycles. The number of carbonyl (C=O) groups is 2. The molecule has 146 valence electrons. The fourth-order valence-corrected chi connectivity index (χ4v) is 3.19. The maximum Gasteiger partial charge on any atom is 0.273 e. The zero-order chi connectivity index (χ0) is 20.3. The lowest BCUT2D eigenvalue weighted by Gasteiger charge is -2.19. The van der Waals surface area contributed by atoms with Crippen molar-refractivity contribution in [3.05, 3.63) is 58.1 Å². The molecule has 8 nitrogen and oxygen atoms in total. The lowest BCUT2D eigenvalue weighted by atomic mass is 10.1. The number of nitrogens with zero attached hydrogens (tertiary/aromatic N) is 2. The van der Waals surface area contributed by atoms with Crippen molar-refractivity contribution in [2.24, 2.45) is 5.92 Å². The Morgan fingerprint density at radius 2 is 2.00 bits per heavy atom. The molecule has 3 rings (SSSR count). The van der Waals surface area contributed by atoms with Crippen molar-refractivity contribution in [3.8, 4) is 5.75 Å². The lowest BCUT2D eigenvalue weighted by Crippen LogP contribution is -2.28. The van der Waals surface area contributed by atoms with E-state index in [2.05, 4.69) is 12.2 Å². The number of hydrogen-bond donors (Lipinski definition) is 1.